The van der Waals surface area contributed by atoms with Gasteiger partial charge in [0.25, 0.3) is 0 Å². The molecule has 0 radical (unpaired) electrons. The van der Waals surface area contributed by atoms with Gasteiger partial charge in [-0.15, -0.1) is 0 Å². The second-order valence-electron chi connectivity index (χ2n) is 8.42. The molecule has 0 aromatic heterocycles. The van der Waals surface area contributed by atoms with Gasteiger partial charge in [0, 0.05) is 17.7 Å². The first kappa shape index (κ1) is 25.4. The SMILES string of the molecule is CCCCOc1ccc(C2C(C#N)=C(N)Oc3cc(OC(=O)/C=C/c4ccc(OC)cc4)ccc32)cc1. The van der Waals surface area contributed by atoms with E-state index in [1.807, 2.05) is 48.5 Å². The summed E-state index contributed by atoms with van der Waals surface area (Å²) in [5.41, 5.74) is 8.88. The van der Waals surface area contributed by atoms with Gasteiger partial charge in [-0.2, -0.15) is 5.26 Å². The van der Waals surface area contributed by atoms with Crippen LogP contribution in [0.15, 0.2) is 84.3 Å². The van der Waals surface area contributed by atoms with Crippen LogP contribution in [-0.2, 0) is 4.79 Å². The molecule has 7 heteroatoms. The summed E-state index contributed by atoms with van der Waals surface area (Å²) in [6.07, 6.45) is 5.04. The van der Waals surface area contributed by atoms with Crippen LogP contribution >= 0.6 is 0 Å². The van der Waals surface area contributed by atoms with Gasteiger partial charge in [0.15, 0.2) is 0 Å². The number of hydrogen-bond acceptors (Lipinski definition) is 7. The molecule has 1 unspecified atom stereocenters. The van der Waals surface area contributed by atoms with E-state index in [2.05, 4.69) is 13.0 Å². The monoisotopic (exact) mass is 496 g/mol. The Labute approximate surface area is 216 Å². The number of unbranched alkanes of at least 4 members (excludes halogenated alkanes) is 1. The van der Waals surface area contributed by atoms with E-state index in [4.69, 9.17) is 24.7 Å². The molecule has 0 saturated heterocycles. The summed E-state index contributed by atoms with van der Waals surface area (Å²) in [7, 11) is 1.59. The van der Waals surface area contributed by atoms with Gasteiger partial charge >= 0.3 is 5.97 Å². The number of hydrogen-bond donors (Lipinski definition) is 1. The molecule has 37 heavy (non-hydrogen) atoms. The largest absolute Gasteiger partial charge is 0.497 e. The highest BCUT2D eigenvalue weighted by atomic mass is 16.5. The van der Waals surface area contributed by atoms with Gasteiger partial charge in [-0.3, -0.25) is 0 Å². The number of allylic oxidation sites excluding steroid dienone is 1. The molecule has 7 nitrogen and oxygen atoms in total. The van der Waals surface area contributed by atoms with Gasteiger partial charge in [-0.1, -0.05) is 43.7 Å². The van der Waals surface area contributed by atoms with Crippen LogP contribution in [0, 0.1) is 11.3 Å². The average molecular weight is 497 g/mol. The van der Waals surface area contributed by atoms with Crippen LogP contribution in [0.25, 0.3) is 6.08 Å². The number of fused-ring (bicyclic) bond motifs is 1. The summed E-state index contributed by atoms with van der Waals surface area (Å²) in [5.74, 6) is 1.29. The lowest BCUT2D eigenvalue weighted by Crippen LogP contribution is -2.21. The minimum Gasteiger partial charge on any atom is -0.497 e. The van der Waals surface area contributed by atoms with E-state index in [0.29, 0.717) is 23.7 Å². The first-order chi connectivity index (χ1) is 18.0. The van der Waals surface area contributed by atoms with E-state index < -0.39 is 11.9 Å². The summed E-state index contributed by atoms with van der Waals surface area (Å²) in [5, 5.41) is 9.80. The van der Waals surface area contributed by atoms with Crippen molar-refractivity contribution in [1.82, 2.24) is 0 Å². The molecule has 4 rings (SSSR count). The van der Waals surface area contributed by atoms with Crippen molar-refractivity contribution < 1.29 is 23.7 Å². The van der Waals surface area contributed by atoms with Crippen LogP contribution in [-0.4, -0.2) is 19.7 Å². The molecule has 0 saturated carbocycles. The number of nitrogens with zero attached hydrogens (tertiary/aromatic N) is 1. The fraction of sp³-hybridized carbons (Fsp3) is 0.200. The second-order valence-corrected chi connectivity index (χ2v) is 8.42. The Morgan fingerprint density at radius 3 is 2.43 bits per heavy atom. The molecule has 0 spiro atoms. The Balaban J connectivity index is 1.52. The molecule has 0 bridgehead atoms. The van der Waals surface area contributed by atoms with Crippen molar-refractivity contribution in [3.05, 3.63) is 101 Å². The molecule has 3 aromatic rings. The number of rotatable bonds is 9. The van der Waals surface area contributed by atoms with Gasteiger partial charge in [0.1, 0.15) is 34.6 Å². The van der Waals surface area contributed by atoms with Crippen molar-refractivity contribution in [3.63, 3.8) is 0 Å². The van der Waals surface area contributed by atoms with Gasteiger partial charge in [0.05, 0.1) is 19.6 Å². The lowest BCUT2D eigenvalue weighted by Gasteiger charge is -2.26. The Morgan fingerprint density at radius 1 is 1.05 bits per heavy atom. The highest BCUT2D eigenvalue weighted by Crippen LogP contribution is 2.43. The van der Waals surface area contributed by atoms with Crippen molar-refractivity contribution in [2.24, 2.45) is 5.73 Å². The molecule has 2 N–H and O–H groups in total. The highest BCUT2D eigenvalue weighted by molar-refractivity contribution is 5.88. The van der Waals surface area contributed by atoms with Crippen molar-refractivity contribution in [3.8, 4) is 29.1 Å². The summed E-state index contributed by atoms with van der Waals surface area (Å²) < 4.78 is 22.1. The number of ether oxygens (including phenoxy) is 4. The second kappa shape index (κ2) is 11.8. The molecular formula is C30H28N2O5. The zero-order chi connectivity index (χ0) is 26.2. The summed E-state index contributed by atoms with van der Waals surface area (Å²) in [6, 6.07) is 22.1. The number of nitriles is 1. The molecule has 1 atom stereocenters. The zero-order valence-corrected chi connectivity index (χ0v) is 20.8. The van der Waals surface area contributed by atoms with E-state index in [1.165, 1.54) is 6.08 Å². The molecular weight excluding hydrogens is 468 g/mol. The first-order valence-electron chi connectivity index (χ1n) is 12.0. The van der Waals surface area contributed by atoms with E-state index in [0.717, 1.165) is 41.0 Å². The van der Waals surface area contributed by atoms with Gasteiger partial charge in [0.2, 0.25) is 5.88 Å². The number of carbonyl (C=O) groups is 1. The summed E-state index contributed by atoms with van der Waals surface area (Å²) in [4.78, 5) is 12.4. The number of nitrogens with two attached hydrogens (primary N) is 1. The molecule has 3 aromatic carbocycles. The van der Waals surface area contributed by atoms with E-state index in [-0.39, 0.29) is 5.88 Å². The van der Waals surface area contributed by atoms with Gasteiger partial charge in [-0.25, -0.2) is 4.79 Å². The topological polar surface area (TPSA) is 104 Å². The number of benzene rings is 3. The van der Waals surface area contributed by atoms with Crippen LogP contribution in [0.3, 0.4) is 0 Å². The molecule has 1 heterocycles. The molecule has 0 amide bonds. The molecule has 0 fully saturated rings. The minimum atomic E-state index is -0.539. The van der Waals surface area contributed by atoms with Crippen LogP contribution in [0.5, 0.6) is 23.0 Å². The van der Waals surface area contributed by atoms with Gasteiger partial charge in [-0.05, 0) is 54.0 Å². The average Bonchev–Trinajstić information content (AvgIpc) is 2.92. The summed E-state index contributed by atoms with van der Waals surface area (Å²) >= 11 is 0. The van der Waals surface area contributed by atoms with Crippen molar-refractivity contribution in [1.29, 1.82) is 5.26 Å². The fourth-order valence-corrected chi connectivity index (χ4v) is 3.96. The van der Waals surface area contributed by atoms with Crippen molar-refractivity contribution in [2.45, 2.75) is 25.7 Å². The lowest BCUT2D eigenvalue weighted by molar-refractivity contribution is -0.128. The normalized spacial score (nSPS) is 14.5. The Kier molecular flexibility index (Phi) is 8.11. The van der Waals surface area contributed by atoms with Crippen LogP contribution in [0.1, 0.15) is 42.4 Å². The Bertz CT molecular complexity index is 1350. The predicted molar refractivity (Wildman–Crippen MR) is 140 cm³/mol. The molecule has 1 aliphatic heterocycles. The Hall–Kier alpha value is -4.70. The maximum Gasteiger partial charge on any atom is 0.336 e. The lowest BCUT2D eigenvalue weighted by atomic mass is 9.83. The summed E-state index contributed by atoms with van der Waals surface area (Å²) in [6.45, 7) is 2.77. The highest BCUT2D eigenvalue weighted by Gasteiger charge is 2.31. The third-order valence-corrected chi connectivity index (χ3v) is 5.92. The van der Waals surface area contributed by atoms with Crippen LogP contribution in [0.2, 0.25) is 0 Å². The molecule has 0 aliphatic carbocycles. The maximum absolute atomic E-state index is 12.4. The van der Waals surface area contributed by atoms with E-state index in [9.17, 15) is 10.1 Å². The number of carbonyl (C=O) groups excluding carboxylic acids is 1. The predicted octanol–water partition coefficient (Wildman–Crippen LogP) is 5.71. The fourth-order valence-electron chi connectivity index (χ4n) is 3.96. The van der Waals surface area contributed by atoms with Crippen LogP contribution < -0.4 is 24.7 Å². The Morgan fingerprint density at radius 2 is 1.76 bits per heavy atom. The quantitative estimate of drug-likeness (QED) is 0.175. The standard InChI is InChI=1S/C30H28N2O5/c1-3-4-17-35-23-12-8-21(9-13-23)29-25-15-14-24(18-27(25)37-30(32)26(29)19-31)36-28(33)16-7-20-5-10-22(34-2)11-6-20/h5-16,18,29H,3-4,17,32H2,1-2H3/b16-7+. The smallest absolute Gasteiger partial charge is 0.336 e. The number of esters is 1. The maximum atomic E-state index is 12.4. The van der Waals surface area contributed by atoms with Gasteiger partial charge < -0.3 is 24.7 Å². The number of methoxy groups -OCH3 is 1. The molecule has 1 aliphatic rings. The van der Waals surface area contributed by atoms with E-state index in [1.54, 1.807) is 31.4 Å². The van der Waals surface area contributed by atoms with Crippen molar-refractivity contribution in [2.75, 3.05) is 13.7 Å². The first-order valence-corrected chi connectivity index (χ1v) is 12.0. The third kappa shape index (κ3) is 6.11. The van der Waals surface area contributed by atoms with Crippen LogP contribution in [0.4, 0.5) is 0 Å². The van der Waals surface area contributed by atoms with E-state index >= 15 is 0 Å². The zero-order valence-electron chi connectivity index (χ0n) is 20.8. The minimum absolute atomic E-state index is 0.0196. The van der Waals surface area contributed by atoms with Crippen molar-refractivity contribution >= 4 is 12.0 Å². The third-order valence-electron chi connectivity index (χ3n) is 5.92. The molecule has 188 valence electrons.